The molecule has 0 aromatic heterocycles. The van der Waals surface area contributed by atoms with Gasteiger partial charge < -0.3 is 10.1 Å². The summed E-state index contributed by atoms with van der Waals surface area (Å²) in [7, 11) is 1.72. The Balaban J connectivity index is 3.45. The second-order valence-electron chi connectivity index (χ2n) is 3.99. The van der Waals surface area contributed by atoms with Crippen LogP contribution in [0.2, 0.25) is 0 Å². The zero-order valence-corrected chi connectivity index (χ0v) is 8.89. The topological polar surface area (TPSA) is 45.0 Å². The highest BCUT2D eigenvalue weighted by molar-refractivity contribution is 4.74. The number of nitrogens with one attached hydrogen (secondary N) is 1. The number of nitriles is 1. The van der Waals surface area contributed by atoms with E-state index < -0.39 is 0 Å². The first-order chi connectivity index (χ1) is 6.12. The predicted molar refractivity (Wildman–Crippen MR) is 53.4 cm³/mol. The second kappa shape index (κ2) is 6.88. The molecule has 3 heteroatoms. The highest BCUT2D eigenvalue weighted by Gasteiger charge is 2.16. The van der Waals surface area contributed by atoms with Crippen molar-refractivity contribution in [3.8, 4) is 6.07 Å². The molecule has 0 aliphatic carbocycles. The minimum absolute atomic E-state index is 0.255. The van der Waals surface area contributed by atoms with Crippen molar-refractivity contribution in [1.82, 2.24) is 5.32 Å². The van der Waals surface area contributed by atoms with Crippen LogP contribution >= 0.6 is 0 Å². The summed E-state index contributed by atoms with van der Waals surface area (Å²) in [4.78, 5) is 0. The molecule has 0 spiro atoms. The van der Waals surface area contributed by atoms with Crippen LogP contribution in [0.25, 0.3) is 0 Å². The van der Waals surface area contributed by atoms with Crippen LogP contribution in [0.4, 0.5) is 0 Å². The van der Waals surface area contributed by atoms with Gasteiger partial charge in [0.25, 0.3) is 0 Å². The standard InChI is InChI=1S/C10H20N2O/c1-10(2,5-8-13-3)9-12-7-4-6-11/h12H,4-5,7-9H2,1-3H3. The maximum atomic E-state index is 8.33. The molecule has 3 nitrogen and oxygen atoms in total. The summed E-state index contributed by atoms with van der Waals surface area (Å²) in [6, 6.07) is 2.11. The number of rotatable bonds is 7. The molecule has 1 N–H and O–H groups in total. The normalized spacial score (nSPS) is 11.2. The lowest BCUT2D eigenvalue weighted by atomic mass is 9.90. The molecule has 76 valence electrons. The summed E-state index contributed by atoms with van der Waals surface area (Å²) in [5.41, 5.74) is 0.255. The average molecular weight is 184 g/mol. The Bertz CT molecular complexity index is 161. The van der Waals surface area contributed by atoms with E-state index in [9.17, 15) is 0 Å². The molecule has 0 aromatic carbocycles. The first-order valence-electron chi connectivity index (χ1n) is 4.69. The van der Waals surface area contributed by atoms with Crippen LogP contribution in [0.1, 0.15) is 26.7 Å². The summed E-state index contributed by atoms with van der Waals surface area (Å²) < 4.78 is 5.03. The molecule has 0 amide bonds. The van der Waals surface area contributed by atoms with E-state index in [4.69, 9.17) is 10.00 Å². The first kappa shape index (κ1) is 12.4. The fourth-order valence-electron chi connectivity index (χ4n) is 1.04. The predicted octanol–water partition coefficient (Wildman–Crippen LogP) is 1.55. The largest absolute Gasteiger partial charge is 0.385 e. The molecule has 0 saturated carbocycles. The summed E-state index contributed by atoms with van der Waals surface area (Å²) in [6.45, 7) is 6.93. The van der Waals surface area contributed by atoms with Gasteiger partial charge >= 0.3 is 0 Å². The number of hydrogen-bond donors (Lipinski definition) is 1. The second-order valence-corrected chi connectivity index (χ2v) is 3.99. The number of methoxy groups -OCH3 is 1. The lowest BCUT2D eigenvalue weighted by Gasteiger charge is -2.24. The number of hydrogen-bond acceptors (Lipinski definition) is 3. The zero-order valence-electron chi connectivity index (χ0n) is 8.89. The Hall–Kier alpha value is -0.590. The summed E-state index contributed by atoms with van der Waals surface area (Å²) in [5, 5.41) is 11.6. The van der Waals surface area contributed by atoms with Gasteiger partial charge in [-0.25, -0.2) is 0 Å². The SMILES string of the molecule is COCCC(C)(C)CNCCC#N. The van der Waals surface area contributed by atoms with Crippen molar-refractivity contribution in [1.29, 1.82) is 5.26 Å². The Morgan fingerprint density at radius 1 is 1.46 bits per heavy atom. The highest BCUT2D eigenvalue weighted by Crippen LogP contribution is 2.18. The van der Waals surface area contributed by atoms with Gasteiger partial charge in [0.05, 0.1) is 6.07 Å². The van der Waals surface area contributed by atoms with Gasteiger partial charge in [-0.3, -0.25) is 0 Å². The fourth-order valence-corrected chi connectivity index (χ4v) is 1.04. The van der Waals surface area contributed by atoms with Gasteiger partial charge in [-0.2, -0.15) is 5.26 Å². The summed E-state index contributed by atoms with van der Waals surface area (Å²) in [5.74, 6) is 0. The molecule has 0 bridgehead atoms. The molecule has 0 heterocycles. The maximum Gasteiger partial charge on any atom is 0.0635 e. The van der Waals surface area contributed by atoms with E-state index in [0.717, 1.165) is 26.1 Å². The quantitative estimate of drug-likeness (QED) is 0.611. The number of ether oxygens (including phenoxy) is 1. The minimum atomic E-state index is 0.255. The van der Waals surface area contributed by atoms with Crippen molar-refractivity contribution in [2.75, 3.05) is 26.8 Å². The van der Waals surface area contributed by atoms with Crippen LogP contribution in [-0.4, -0.2) is 26.8 Å². The van der Waals surface area contributed by atoms with Crippen LogP contribution in [0.3, 0.4) is 0 Å². The third kappa shape index (κ3) is 7.76. The molecule has 0 aliphatic heterocycles. The first-order valence-corrected chi connectivity index (χ1v) is 4.69. The van der Waals surface area contributed by atoms with Crippen molar-refractivity contribution < 1.29 is 4.74 Å². The molecule has 0 radical (unpaired) electrons. The van der Waals surface area contributed by atoms with E-state index >= 15 is 0 Å². The fraction of sp³-hybridized carbons (Fsp3) is 0.900. The molecular weight excluding hydrogens is 164 g/mol. The minimum Gasteiger partial charge on any atom is -0.385 e. The van der Waals surface area contributed by atoms with Crippen molar-refractivity contribution in [3.63, 3.8) is 0 Å². The molecule has 0 rings (SSSR count). The molecule has 0 unspecified atom stereocenters. The van der Waals surface area contributed by atoms with Crippen LogP contribution in [0.5, 0.6) is 0 Å². The van der Waals surface area contributed by atoms with E-state index in [1.54, 1.807) is 7.11 Å². The smallest absolute Gasteiger partial charge is 0.0635 e. The molecule has 0 aromatic rings. The van der Waals surface area contributed by atoms with Gasteiger partial charge in [0.1, 0.15) is 0 Å². The number of nitrogens with zero attached hydrogens (tertiary/aromatic N) is 1. The van der Waals surface area contributed by atoms with Crippen LogP contribution in [0, 0.1) is 16.7 Å². The highest BCUT2D eigenvalue weighted by atomic mass is 16.5. The Kier molecular flexibility index (Phi) is 6.56. The molecular formula is C10H20N2O. The van der Waals surface area contributed by atoms with Gasteiger partial charge in [0, 0.05) is 33.2 Å². The molecule has 0 aliphatic rings. The van der Waals surface area contributed by atoms with Crippen molar-refractivity contribution in [2.45, 2.75) is 26.7 Å². The van der Waals surface area contributed by atoms with Gasteiger partial charge in [-0.05, 0) is 11.8 Å². The third-order valence-electron chi connectivity index (χ3n) is 2.00. The van der Waals surface area contributed by atoms with Crippen LogP contribution in [0.15, 0.2) is 0 Å². The average Bonchev–Trinajstić information content (AvgIpc) is 2.09. The monoisotopic (exact) mass is 184 g/mol. The van der Waals surface area contributed by atoms with Gasteiger partial charge in [-0.1, -0.05) is 13.8 Å². The molecule has 0 fully saturated rings. The maximum absolute atomic E-state index is 8.33. The third-order valence-corrected chi connectivity index (χ3v) is 2.00. The van der Waals surface area contributed by atoms with Gasteiger partial charge in [-0.15, -0.1) is 0 Å². The van der Waals surface area contributed by atoms with Gasteiger partial charge in [0.15, 0.2) is 0 Å². The van der Waals surface area contributed by atoms with Crippen LogP contribution < -0.4 is 5.32 Å². The lowest BCUT2D eigenvalue weighted by Crippen LogP contribution is -2.30. The van der Waals surface area contributed by atoms with Crippen molar-refractivity contribution in [2.24, 2.45) is 5.41 Å². The zero-order chi connectivity index (χ0) is 10.2. The van der Waals surface area contributed by atoms with Crippen molar-refractivity contribution in [3.05, 3.63) is 0 Å². The summed E-state index contributed by atoms with van der Waals surface area (Å²) in [6.07, 6.45) is 1.63. The van der Waals surface area contributed by atoms with E-state index in [2.05, 4.69) is 25.2 Å². The summed E-state index contributed by atoms with van der Waals surface area (Å²) >= 11 is 0. The Morgan fingerprint density at radius 3 is 2.69 bits per heavy atom. The van der Waals surface area contributed by atoms with E-state index in [1.807, 2.05) is 0 Å². The van der Waals surface area contributed by atoms with Crippen molar-refractivity contribution >= 4 is 0 Å². The Labute approximate surface area is 81.1 Å². The van der Waals surface area contributed by atoms with E-state index in [-0.39, 0.29) is 5.41 Å². The van der Waals surface area contributed by atoms with E-state index in [1.165, 1.54) is 0 Å². The van der Waals surface area contributed by atoms with Gasteiger partial charge in [0.2, 0.25) is 0 Å². The van der Waals surface area contributed by atoms with Crippen LogP contribution in [-0.2, 0) is 4.74 Å². The molecule has 13 heavy (non-hydrogen) atoms. The lowest BCUT2D eigenvalue weighted by molar-refractivity contribution is 0.151. The molecule has 0 saturated heterocycles. The molecule has 0 atom stereocenters. The van der Waals surface area contributed by atoms with E-state index in [0.29, 0.717) is 6.42 Å². The Morgan fingerprint density at radius 2 is 2.15 bits per heavy atom.